The molecule has 0 aromatic heterocycles. The maximum Gasteiger partial charge on any atom is 0.139 e. The molecule has 3 aliphatic carbocycles. The van der Waals surface area contributed by atoms with Crippen LogP contribution >= 0.6 is 0 Å². The maximum atomic E-state index is 12.2. The molecule has 0 saturated heterocycles. The molecule has 3 aliphatic rings. The highest BCUT2D eigenvalue weighted by Gasteiger charge is 2.58. The van der Waals surface area contributed by atoms with Crippen LogP contribution in [0.3, 0.4) is 0 Å². The van der Waals surface area contributed by atoms with Gasteiger partial charge >= 0.3 is 0 Å². The van der Waals surface area contributed by atoms with Gasteiger partial charge in [-0.3, -0.25) is 4.79 Å². The van der Waals surface area contributed by atoms with E-state index in [1.807, 2.05) is 0 Å². The van der Waals surface area contributed by atoms with Crippen molar-refractivity contribution >= 4 is 5.78 Å². The van der Waals surface area contributed by atoms with Gasteiger partial charge in [0, 0.05) is 11.8 Å². The molecule has 3 saturated carbocycles. The van der Waals surface area contributed by atoms with Gasteiger partial charge in [0.25, 0.3) is 0 Å². The Morgan fingerprint density at radius 2 is 1.50 bits per heavy atom. The van der Waals surface area contributed by atoms with Gasteiger partial charge in [0.15, 0.2) is 0 Å². The first kappa shape index (κ1) is 8.94. The predicted molar refractivity (Wildman–Crippen MR) is 55.8 cm³/mol. The fourth-order valence-electron chi connectivity index (χ4n) is 4.73. The average Bonchev–Trinajstić information content (AvgIpc) is 2.40. The summed E-state index contributed by atoms with van der Waals surface area (Å²) >= 11 is 0. The molecule has 0 aliphatic heterocycles. The van der Waals surface area contributed by atoms with E-state index in [2.05, 4.69) is 13.8 Å². The molecule has 3 rings (SSSR count). The maximum absolute atomic E-state index is 12.2. The number of Topliss-reactive ketones (excluding diaryl/α,β-unsaturated/α-hetero) is 1. The minimum absolute atomic E-state index is 0.447. The van der Waals surface area contributed by atoms with E-state index in [1.165, 1.54) is 32.1 Å². The summed E-state index contributed by atoms with van der Waals surface area (Å²) in [6.45, 7) is 4.82. The third-order valence-electron chi connectivity index (χ3n) is 5.43. The molecule has 0 spiro atoms. The van der Waals surface area contributed by atoms with Gasteiger partial charge in [0.05, 0.1) is 0 Å². The van der Waals surface area contributed by atoms with Crippen molar-refractivity contribution in [3.8, 4) is 0 Å². The Hall–Kier alpha value is -0.330. The third-order valence-corrected chi connectivity index (χ3v) is 5.43. The summed E-state index contributed by atoms with van der Waals surface area (Å²) in [5.41, 5.74) is 0.462. The Bertz CT molecular complexity index is 255. The molecular weight excluding hydrogens is 172 g/mol. The minimum atomic E-state index is 0.447. The Labute approximate surface area is 86.3 Å². The van der Waals surface area contributed by atoms with E-state index in [4.69, 9.17) is 0 Å². The molecule has 0 N–H and O–H groups in total. The van der Waals surface area contributed by atoms with Crippen LogP contribution in [-0.4, -0.2) is 5.78 Å². The second-order valence-corrected chi connectivity index (χ2v) is 6.16. The van der Waals surface area contributed by atoms with Crippen molar-refractivity contribution in [1.29, 1.82) is 0 Å². The zero-order chi connectivity index (χ0) is 9.92. The molecule has 0 radical (unpaired) electrons. The summed E-state index contributed by atoms with van der Waals surface area (Å²) in [6.07, 6.45) is 6.34. The van der Waals surface area contributed by atoms with Crippen molar-refractivity contribution in [3.63, 3.8) is 0 Å². The molecule has 0 amide bonds. The van der Waals surface area contributed by atoms with Gasteiger partial charge in [-0.1, -0.05) is 20.3 Å². The lowest BCUT2D eigenvalue weighted by molar-refractivity contribution is -0.142. The highest BCUT2D eigenvalue weighted by molar-refractivity contribution is 5.86. The third kappa shape index (κ3) is 0.888. The van der Waals surface area contributed by atoms with E-state index in [1.54, 1.807) is 0 Å². The smallest absolute Gasteiger partial charge is 0.139 e. The zero-order valence-corrected chi connectivity index (χ0v) is 9.25. The van der Waals surface area contributed by atoms with Crippen LogP contribution in [0.25, 0.3) is 0 Å². The van der Waals surface area contributed by atoms with Crippen LogP contribution in [0.1, 0.15) is 46.0 Å². The zero-order valence-electron chi connectivity index (χ0n) is 9.25. The second kappa shape index (κ2) is 2.62. The summed E-state index contributed by atoms with van der Waals surface area (Å²) in [7, 11) is 0. The normalized spacial score (nSPS) is 49.4. The van der Waals surface area contributed by atoms with E-state index >= 15 is 0 Å². The monoisotopic (exact) mass is 192 g/mol. The summed E-state index contributed by atoms with van der Waals surface area (Å²) in [4.78, 5) is 12.2. The lowest BCUT2D eigenvalue weighted by Crippen LogP contribution is -2.49. The largest absolute Gasteiger partial charge is 0.299 e. The highest BCUT2D eigenvalue weighted by atomic mass is 16.1. The Balaban J connectivity index is 2.05. The molecule has 1 nitrogen and oxygen atoms in total. The SMILES string of the molecule is CC1(C)[C@@H]2CC[C@H]1[C@@H]1CCC[C@H]2C1=O. The lowest BCUT2D eigenvalue weighted by Gasteiger charge is -2.49. The highest BCUT2D eigenvalue weighted by Crippen LogP contribution is 2.61. The van der Waals surface area contributed by atoms with Gasteiger partial charge in [-0.15, -0.1) is 0 Å². The van der Waals surface area contributed by atoms with E-state index in [9.17, 15) is 4.79 Å². The van der Waals surface area contributed by atoms with Crippen molar-refractivity contribution < 1.29 is 4.79 Å². The van der Waals surface area contributed by atoms with Crippen LogP contribution in [0.2, 0.25) is 0 Å². The number of rotatable bonds is 0. The van der Waals surface area contributed by atoms with Gasteiger partial charge < -0.3 is 0 Å². The van der Waals surface area contributed by atoms with Crippen LogP contribution < -0.4 is 0 Å². The van der Waals surface area contributed by atoms with Crippen molar-refractivity contribution in [3.05, 3.63) is 0 Å². The van der Waals surface area contributed by atoms with E-state index in [0.717, 1.165) is 11.8 Å². The topological polar surface area (TPSA) is 17.1 Å². The fraction of sp³-hybridized carbons (Fsp3) is 0.923. The number of carbonyl (C=O) groups is 1. The molecule has 3 fully saturated rings. The molecule has 1 heteroatoms. The first-order chi connectivity index (χ1) is 6.62. The van der Waals surface area contributed by atoms with Crippen LogP contribution in [0, 0.1) is 29.1 Å². The lowest BCUT2D eigenvalue weighted by atomic mass is 9.54. The van der Waals surface area contributed by atoms with Crippen LogP contribution in [0.4, 0.5) is 0 Å². The Kier molecular flexibility index (Phi) is 1.67. The predicted octanol–water partition coefficient (Wildman–Crippen LogP) is 3.04. The number of hydrogen-bond donors (Lipinski definition) is 0. The summed E-state index contributed by atoms with van der Waals surface area (Å²) in [5.74, 6) is 2.97. The standard InChI is InChI=1S/C13H20O/c1-13(2)10-6-7-11(13)9-5-3-4-8(10)12(9)14/h8-11H,3-7H2,1-2H3/t8-,9+,10-,11+. The van der Waals surface area contributed by atoms with Crippen molar-refractivity contribution in [1.82, 2.24) is 0 Å². The van der Waals surface area contributed by atoms with Crippen LogP contribution in [0.15, 0.2) is 0 Å². The number of ketones is 1. The molecule has 4 atom stereocenters. The fourth-order valence-corrected chi connectivity index (χ4v) is 4.73. The molecular formula is C13H20O. The first-order valence-electron chi connectivity index (χ1n) is 6.16. The van der Waals surface area contributed by atoms with Gasteiger partial charge in [0.2, 0.25) is 0 Å². The summed E-state index contributed by atoms with van der Waals surface area (Å²) < 4.78 is 0. The number of carbonyl (C=O) groups excluding carboxylic acids is 1. The summed E-state index contributed by atoms with van der Waals surface area (Å²) in [6, 6.07) is 0. The molecule has 0 unspecified atom stereocenters. The minimum Gasteiger partial charge on any atom is -0.299 e. The molecule has 4 bridgehead atoms. The quantitative estimate of drug-likeness (QED) is 0.576. The van der Waals surface area contributed by atoms with Crippen molar-refractivity contribution in [2.45, 2.75) is 46.0 Å². The molecule has 0 heterocycles. The van der Waals surface area contributed by atoms with Gasteiger partial charge in [-0.05, 0) is 42.9 Å². The van der Waals surface area contributed by atoms with E-state index in [-0.39, 0.29) is 0 Å². The Morgan fingerprint density at radius 1 is 1.00 bits per heavy atom. The van der Waals surface area contributed by atoms with Crippen LogP contribution in [0.5, 0.6) is 0 Å². The molecule has 78 valence electrons. The van der Waals surface area contributed by atoms with Crippen molar-refractivity contribution in [2.24, 2.45) is 29.1 Å². The second-order valence-electron chi connectivity index (χ2n) is 6.16. The number of fused-ring (bicyclic) bond motifs is 6. The molecule has 14 heavy (non-hydrogen) atoms. The average molecular weight is 192 g/mol. The number of hydrogen-bond acceptors (Lipinski definition) is 1. The first-order valence-corrected chi connectivity index (χ1v) is 6.16. The molecule has 0 aromatic rings. The van der Waals surface area contributed by atoms with Crippen LogP contribution in [-0.2, 0) is 4.79 Å². The Morgan fingerprint density at radius 3 is 2.00 bits per heavy atom. The van der Waals surface area contributed by atoms with Gasteiger partial charge in [-0.2, -0.15) is 0 Å². The van der Waals surface area contributed by atoms with Crippen molar-refractivity contribution in [2.75, 3.05) is 0 Å². The van der Waals surface area contributed by atoms with E-state index in [0.29, 0.717) is 23.0 Å². The van der Waals surface area contributed by atoms with E-state index < -0.39 is 0 Å². The van der Waals surface area contributed by atoms with Gasteiger partial charge in [-0.25, -0.2) is 0 Å². The summed E-state index contributed by atoms with van der Waals surface area (Å²) in [5, 5.41) is 0. The van der Waals surface area contributed by atoms with Gasteiger partial charge in [0.1, 0.15) is 5.78 Å². The molecule has 0 aromatic carbocycles.